The standard InChI is InChI=1S/C61H122N8O17/c1-6-8-10-12-14-16-18-20-22-62-58(71)53-68(55-60(73)65-25-32-79-41-44-85-50-47-82-38-35-76-4)29-27-67(52-57(70)64-24-31-78-40-43-84-49-46-81-37-34-75-3)28-30-69(54-59(72)63-23-21-19-17-15-13-11-9-7-2)56-61(74)66-26-33-80-42-45-86-51-48-83-39-36-77-5/h6-56H2,1-5H3,(H,62,71)(H,63,72)(H,64,70)(H,65,73)(H,66,74). The smallest absolute Gasteiger partial charge is 0.234 e. The van der Waals surface area contributed by atoms with Crippen LogP contribution in [-0.2, 0) is 80.8 Å². The molecule has 0 atom stereocenters. The highest BCUT2D eigenvalue weighted by molar-refractivity contribution is 5.82. The molecule has 0 saturated heterocycles. The van der Waals surface area contributed by atoms with Crippen LogP contribution in [-0.4, -0.2) is 296 Å². The second-order valence-electron chi connectivity index (χ2n) is 20.9. The van der Waals surface area contributed by atoms with E-state index in [1.165, 1.54) is 64.2 Å². The highest BCUT2D eigenvalue weighted by Crippen LogP contribution is 2.09. The van der Waals surface area contributed by atoms with Crippen LogP contribution in [0.25, 0.3) is 0 Å². The van der Waals surface area contributed by atoms with E-state index in [2.05, 4.69) is 40.4 Å². The molecule has 25 heteroatoms. The first kappa shape index (κ1) is 82.8. The van der Waals surface area contributed by atoms with Gasteiger partial charge in [0.2, 0.25) is 29.5 Å². The number of amides is 5. The van der Waals surface area contributed by atoms with Crippen LogP contribution in [0.5, 0.6) is 0 Å². The highest BCUT2D eigenvalue weighted by atomic mass is 16.6. The van der Waals surface area contributed by atoms with Crippen LogP contribution in [0.1, 0.15) is 117 Å². The molecule has 0 aliphatic rings. The van der Waals surface area contributed by atoms with Gasteiger partial charge in [0, 0.05) is 80.2 Å². The molecule has 0 bridgehead atoms. The molecule has 86 heavy (non-hydrogen) atoms. The van der Waals surface area contributed by atoms with Gasteiger partial charge in [0.1, 0.15) is 0 Å². The van der Waals surface area contributed by atoms with Gasteiger partial charge in [-0.25, -0.2) is 0 Å². The lowest BCUT2D eigenvalue weighted by Gasteiger charge is -2.29. The van der Waals surface area contributed by atoms with Crippen molar-refractivity contribution in [3.05, 3.63) is 0 Å². The number of nitrogens with one attached hydrogen (secondary N) is 5. The second kappa shape index (κ2) is 67.7. The lowest BCUT2D eigenvalue weighted by atomic mass is 10.1. The number of carbonyl (C=O) groups excluding carboxylic acids is 5. The Morgan fingerprint density at radius 2 is 0.442 bits per heavy atom. The Bertz CT molecular complexity index is 1430. The Morgan fingerprint density at radius 3 is 0.698 bits per heavy atom. The molecule has 5 N–H and O–H groups in total. The van der Waals surface area contributed by atoms with Gasteiger partial charge in [0.15, 0.2) is 0 Å². The van der Waals surface area contributed by atoms with Crippen LogP contribution in [0.3, 0.4) is 0 Å². The predicted molar refractivity (Wildman–Crippen MR) is 333 cm³/mol. The summed E-state index contributed by atoms with van der Waals surface area (Å²) in [4.78, 5) is 73.0. The first-order valence-corrected chi connectivity index (χ1v) is 32.4. The van der Waals surface area contributed by atoms with E-state index in [1.807, 2.05) is 4.90 Å². The SMILES string of the molecule is CCCCCCCCCCNC(=O)CN(CCN(CCN(CC(=O)NCCCCCCCCCC)CC(=O)NCCOCCOCCOCCOC)CC(=O)NCCOCCOCCOCCOC)CC(=O)NCCOCCOCCOCCOC. The molecule has 0 aliphatic heterocycles. The molecule has 0 aliphatic carbocycles. The van der Waals surface area contributed by atoms with E-state index < -0.39 is 0 Å². The first-order chi connectivity index (χ1) is 42.2. The zero-order valence-corrected chi connectivity index (χ0v) is 54.3. The largest absolute Gasteiger partial charge is 0.382 e. The number of methoxy groups -OCH3 is 3. The highest BCUT2D eigenvalue weighted by Gasteiger charge is 2.21. The van der Waals surface area contributed by atoms with E-state index in [1.54, 1.807) is 31.1 Å². The third kappa shape index (κ3) is 62.4. The molecule has 0 aromatic carbocycles. The van der Waals surface area contributed by atoms with Crippen LogP contribution in [0.15, 0.2) is 0 Å². The molecule has 0 saturated carbocycles. The molecule has 0 spiro atoms. The number of ether oxygens (including phenoxy) is 12. The van der Waals surface area contributed by atoms with Crippen molar-refractivity contribution in [3.63, 3.8) is 0 Å². The minimum Gasteiger partial charge on any atom is -0.382 e. The Hall–Kier alpha value is -3.25. The van der Waals surface area contributed by atoms with Crippen molar-refractivity contribution >= 4 is 29.5 Å². The Labute approximate surface area is 518 Å². The van der Waals surface area contributed by atoms with E-state index in [9.17, 15) is 24.0 Å². The predicted octanol–water partition coefficient (Wildman–Crippen LogP) is 2.84. The minimum absolute atomic E-state index is 0.0364. The fourth-order valence-electron chi connectivity index (χ4n) is 8.37. The number of rotatable bonds is 70. The maximum Gasteiger partial charge on any atom is 0.234 e. The van der Waals surface area contributed by atoms with Crippen LogP contribution < -0.4 is 26.6 Å². The number of hydrogen-bond donors (Lipinski definition) is 5. The molecule has 0 radical (unpaired) electrons. The van der Waals surface area contributed by atoms with Gasteiger partial charge in [-0.2, -0.15) is 0 Å². The van der Waals surface area contributed by atoms with E-state index in [0.717, 1.165) is 38.5 Å². The van der Waals surface area contributed by atoms with Crippen molar-refractivity contribution in [3.8, 4) is 0 Å². The maximum atomic E-state index is 13.6. The van der Waals surface area contributed by atoms with Crippen LogP contribution in [0.4, 0.5) is 0 Å². The minimum atomic E-state index is -0.285. The monoisotopic (exact) mass is 1240 g/mol. The van der Waals surface area contributed by atoms with Gasteiger partial charge in [-0.05, 0) is 12.8 Å². The Balaban J connectivity index is 6.05. The van der Waals surface area contributed by atoms with Crippen molar-refractivity contribution in [2.45, 2.75) is 117 Å². The molecular weight excluding hydrogens is 1120 g/mol. The number of unbranched alkanes of at least 4 members (excludes halogenated alkanes) is 14. The molecule has 0 heterocycles. The Kier molecular flexibility index (Phi) is 65.1. The summed E-state index contributed by atoms with van der Waals surface area (Å²) in [7, 11) is 4.86. The lowest BCUT2D eigenvalue weighted by Crippen LogP contribution is -2.50. The zero-order chi connectivity index (χ0) is 62.7. The summed E-state index contributed by atoms with van der Waals surface area (Å²) in [5, 5.41) is 14.9. The van der Waals surface area contributed by atoms with E-state index in [0.29, 0.717) is 132 Å². The molecule has 0 fully saturated rings. The zero-order valence-electron chi connectivity index (χ0n) is 54.3. The molecule has 0 unspecified atom stereocenters. The van der Waals surface area contributed by atoms with Crippen LogP contribution in [0.2, 0.25) is 0 Å². The van der Waals surface area contributed by atoms with Crippen molar-refractivity contribution < 1.29 is 80.8 Å². The number of hydrogen-bond acceptors (Lipinski definition) is 20. The van der Waals surface area contributed by atoms with Crippen molar-refractivity contribution in [1.29, 1.82) is 0 Å². The average molecular weight is 1240 g/mol. The van der Waals surface area contributed by atoms with Gasteiger partial charge in [0.25, 0.3) is 0 Å². The maximum absolute atomic E-state index is 13.6. The third-order valence-electron chi connectivity index (χ3n) is 13.2. The first-order valence-electron chi connectivity index (χ1n) is 32.4. The summed E-state index contributed by atoms with van der Waals surface area (Å²) < 4.78 is 64.9. The van der Waals surface area contributed by atoms with Crippen molar-refractivity contribution in [2.75, 3.05) is 252 Å². The quantitative estimate of drug-likeness (QED) is 0.0548. The fourth-order valence-corrected chi connectivity index (χ4v) is 8.37. The van der Waals surface area contributed by atoms with E-state index >= 15 is 0 Å². The van der Waals surface area contributed by atoms with Crippen molar-refractivity contribution in [1.82, 2.24) is 41.3 Å². The number of nitrogens with zero attached hydrogens (tertiary/aromatic N) is 3. The second-order valence-corrected chi connectivity index (χ2v) is 20.9. The molecule has 508 valence electrons. The summed E-state index contributed by atoms with van der Waals surface area (Å²) in [6.07, 6.45) is 18.3. The molecule has 5 amide bonds. The summed E-state index contributed by atoms with van der Waals surface area (Å²) in [5.41, 5.74) is 0. The van der Waals surface area contributed by atoms with Gasteiger partial charge in [0.05, 0.1) is 171 Å². The molecule has 0 rings (SSSR count). The molecule has 0 aromatic rings. The van der Waals surface area contributed by atoms with Crippen LogP contribution in [0, 0.1) is 0 Å². The molecule has 0 aromatic heterocycles. The average Bonchev–Trinajstić information content (AvgIpc) is 3.57. The number of carbonyl (C=O) groups is 5. The fraction of sp³-hybridized carbons (Fsp3) is 0.918. The van der Waals surface area contributed by atoms with Crippen molar-refractivity contribution in [2.24, 2.45) is 0 Å². The van der Waals surface area contributed by atoms with Gasteiger partial charge < -0.3 is 83.4 Å². The Morgan fingerprint density at radius 1 is 0.244 bits per heavy atom. The van der Waals surface area contributed by atoms with Gasteiger partial charge >= 0.3 is 0 Å². The molecular formula is C61H122N8O17. The summed E-state index contributed by atoms with van der Waals surface area (Å²) in [6.45, 7) is 15.8. The lowest BCUT2D eigenvalue weighted by molar-refractivity contribution is -0.126. The topological polar surface area (TPSA) is 266 Å². The summed E-state index contributed by atoms with van der Waals surface area (Å²) in [5.74, 6) is -1.24. The normalized spacial score (nSPS) is 11.5. The van der Waals surface area contributed by atoms with E-state index in [-0.39, 0.29) is 128 Å². The van der Waals surface area contributed by atoms with Gasteiger partial charge in [-0.3, -0.25) is 38.7 Å². The van der Waals surface area contributed by atoms with Gasteiger partial charge in [-0.1, -0.05) is 104 Å². The summed E-state index contributed by atoms with van der Waals surface area (Å²) in [6, 6.07) is 0. The van der Waals surface area contributed by atoms with Gasteiger partial charge in [-0.15, -0.1) is 0 Å². The van der Waals surface area contributed by atoms with Crippen LogP contribution >= 0.6 is 0 Å². The van der Waals surface area contributed by atoms with E-state index in [4.69, 9.17) is 56.8 Å². The third-order valence-corrected chi connectivity index (χ3v) is 13.2. The molecule has 25 nitrogen and oxygen atoms in total. The summed E-state index contributed by atoms with van der Waals surface area (Å²) >= 11 is 0.